The second-order valence-corrected chi connectivity index (χ2v) is 6.46. The summed E-state index contributed by atoms with van der Waals surface area (Å²) in [7, 11) is -1.40. The highest BCUT2D eigenvalue weighted by molar-refractivity contribution is 7.84. The van der Waals surface area contributed by atoms with Gasteiger partial charge in [0.25, 0.3) is 0 Å². The molecule has 2 rings (SSSR count). The van der Waals surface area contributed by atoms with Crippen molar-refractivity contribution < 1.29 is 8.60 Å². The van der Waals surface area contributed by atoms with Crippen LogP contribution in [0.25, 0.3) is 0 Å². The van der Waals surface area contributed by atoms with Crippen LogP contribution in [-0.4, -0.2) is 4.21 Å². The summed E-state index contributed by atoms with van der Waals surface area (Å²) in [5, 5.41) is 0.720. The van der Waals surface area contributed by atoms with Crippen LogP contribution < -0.4 is 5.73 Å². The lowest BCUT2D eigenvalue weighted by molar-refractivity contribution is 0.614. The molecule has 0 aliphatic heterocycles. The van der Waals surface area contributed by atoms with E-state index in [9.17, 15) is 8.60 Å². The molecule has 2 aromatic rings. The second-order valence-electron chi connectivity index (χ2n) is 4.20. The zero-order valence-electron chi connectivity index (χ0n) is 10.4. The summed E-state index contributed by atoms with van der Waals surface area (Å²) in [6.07, 6.45) is 0. The molecular weight excluding hydrogens is 320 g/mol. The molecule has 106 valence electrons. The maximum atomic E-state index is 13.7. The molecule has 0 aliphatic rings. The second kappa shape index (κ2) is 6.68. The van der Waals surface area contributed by atoms with Crippen molar-refractivity contribution in [3.05, 3.63) is 63.4 Å². The summed E-state index contributed by atoms with van der Waals surface area (Å²) in [5.74, 6) is -0.326. The van der Waals surface area contributed by atoms with E-state index in [1.807, 2.05) is 0 Å². The third-order valence-corrected chi connectivity index (χ3v) is 4.88. The van der Waals surface area contributed by atoms with Crippen LogP contribution >= 0.6 is 23.2 Å². The van der Waals surface area contributed by atoms with Gasteiger partial charge in [0.05, 0.1) is 26.6 Å². The van der Waals surface area contributed by atoms with Crippen LogP contribution in [0.5, 0.6) is 0 Å². The van der Waals surface area contributed by atoms with Gasteiger partial charge in [-0.1, -0.05) is 35.3 Å². The van der Waals surface area contributed by atoms with Crippen LogP contribution in [0, 0.1) is 5.82 Å². The van der Waals surface area contributed by atoms with Gasteiger partial charge in [0.2, 0.25) is 0 Å². The van der Waals surface area contributed by atoms with Crippen LogP contribution in [0.1, 0.15) is 11.1 Å². The van der Waals surface area contributed by atoms with Gasteiger partial charge in [0, 0.05) is 17.0 Å². The first-order chi connectivity index (χ1) is 9.51. The topological polar surface area (TPSA) is 43.1 Å². The highest BCUT2D eigenvalue weighted by Crippen LogP contribution is 2.25. The number of benzene rings is 2. The fourth-order valence-corrected chi connectivity index (χ4v) is 3.21. The Hall–Kier alpha value is -0.940. The van der Waals surface area contributed by atoms with E-state index in [4.69, 9.17) is 28.9 Å². The average molecular weight is 332 g/mol. The third-order valence-electron chi connectivity index (χ3n) is 2.79. The van der Waals surface area contributed by atoms with Crippen molar-refractivity contribution in [2.45, 2.75) is 17.2 Å². The summed E-state index contributed by atoms with van der Waals surface area (Å²) in [4.78, 5) is 0.511. The molecule has 0 fully saturated rings. The molecule has 1 atom stereocenters. The number of halogens is 3. The Bertz CT molecular complexity index is 664. The molecule has 1 unspecified atom stereocenters. The third kappa shape index (κ3) is 3.58. The summed E-state index contributed by atoms with van der Waals surface area (Å²) in [6.45, 7) is 0.312. The van der Waals surface area contributed by atoms with Crippen LogP contribution in [-0.2, 0) is 23.1 Å². The monoisotopic (exact) mass is 331 g/mol. The minimum absolute atomic E-state index is 0.0671. The van der Waals surface area contributed by atoms with Gasteiger partial charge in [-0.15, -0.1) is 0 Å². The molecule has 0 saturated heterocycles. The highest BCUT2D eigenvalue weighted by atomic mass is 35.5. The van der Waals surface area contributed by atoms with Crippen molar-refractivity contribution in [2.75, 3.05) is 0 Å². The Morgan fingerprint density at radius 2 is 1.85 bits per heavy atom. The van der Waals surface area contributed by atoms with Crippen molar-refractivity contribution in [2.24, 2.45) is 5.73 Å². The van der Waals surface area contributed by atoms with E-state index in [-0.39, 0.29) is 5.75 Å². The van der Waals surface area contributed by atoms with Crippen molar-refractivity contribution in [3.8, 4) is 0 Å². The van der Waals surface area contributed by atoms with Gasteiger partial charge in [-0.3, -0.25) is 4.21 Å². The van der Waals surface area contributed by atoms with Gasteiger partial charge in [0.1, 0.15) is 5.82 Å². The van der Waals surface area contributed by atoms with Crippen molar-refractivity contribution in [1.82, 2.24) is 0 Å². The molecule has 0 amide bonds. The highest BCUT2D eigenvalue weighted by Gasteiger charge is 2.11. The van der Waals surface area contributed by atoms with E-state index in [1.165, 1.54) is 12.1 Å². The van der Waals surface area contributed by atoms with Gasteiger partial charge < -0.3 is 5.73 Å². The predicted octanol–water partition coefficient (Wildman–Crippen LogP) is 3.90. The minimum Gasteiger partial charge on any atom is -0.326 e. The van der Waals surface area contributed by atoms with Gasteiger partial charge in [0.15, 0.2) is 0 Å². The first-order valence-corrected chi connectivity index (χ1v) is 7.89. The van der Waals surface area contributed by atoms with Gasteiger partial charge in [-0.25, -0.2) is 4.39 Å². The summed E-state index contributed by atoms with van der Waals surface area (Å²) in [6, 6.07) is 9.30. The van der Waals surface area contributed by atoms with E-state index in [2.05, 4.69) is 0 Å². The number of hydrogen-bond acceptors (Lipinski definition) is 2. The lowest BCUT2D eigenvalue weighted by atomic mass is 10.1. The average Bonchev–Trinajstić information content (AvgIpc) is 2.44. The smallest absolute Gasteiger partial charge is 0.127 e. The maximum absolute atomic E-state index is 13.7. The Balaban J connectivity index is 2.25. The molecule has 20 heavy (non-hydrogen) atoms. The molecule has 2 N–H and O–H groups in total. The largest absolute Gasteiger partial charge is 0.326 e. The Morgan fingerprint density at radius 1 is 1.10 bits per heavy atom. The SMILES string of the molecule is NCc1ccc(F)c(CS(=O)c2ccc(Cl)c(Cl)c2)c1. The van der Waals surface area contributed by atoms with Crippen LogP contribution in [0.4, 0.5) is 4.39 Å². The molecule has 0 aromatic heterocycles. The van der Waals surface area contributed by atoms with Gasteiger partial charge in [-0.2, -0.15) is 0 Å². The van der Waals surface area contributed by atoms with Crippen molar-refractivity contribution >= 4 is 34.0 Å². The molecule has 2 nitrogen and oxygen atoms in total. The number of nitrogens with two attached hydrogens (primary N) is 1. The van der Waals surface area contributed by atoms with E-state index < -0.39 is 16.6 Å². The normalized spacial score (nSPS) is 12.4. The van der Waals surface area contributed by atoms with Crippen LogP contribution in [0.3, 0.4) is 0 Å². The first-order valence-electron chi connectivity index (χ1n) is 5.82. The Morgan fingerprint density at radius 3 is 2.50 bits per heavy atom. The van der Waals surface area contributed by atoms with Gasteiger partial charge in [-0.05, 0) is 29.8 Å². The van der Waals surface area contributed by atoms with Crippen molar-refractivity contribution in [1.29, 1.82) is 0 Å². The van der Waals surface area contributed by atoms with E-state index >= 15 is 0 Å². The molecule has 0 bridgehead atoms. The summed E-state index contributed by atoms with van der Waals surface area (Å²) < 4.78 is 25.9. The predicted molar refractivity (Wildman–Crippen MR) is 80.9 cm³/mol. The summed E-state index contributed by atoms with van der Waals surface area (Å²) in [5.41, 5.74) is 6.69. The quantitative estimate of drug-likeness (QED) is 0.923. The molecule has 0 saturated carbocycles. The van der Waals surface area contributed by atoms with Crippen LogP contribution in [0.15, 0.2) is 41.3 Å². The molecule has 0 aliphatic carbocycles. The van der Waals surface area contributed by atoms with E-state index in [0.29, 0.717) is 27.0 Å². The first kappa shape index (κ1) is 15.4. The Labute approximate surface area is 129 Å². The maximum Gasteiger partial charge on any atom is 0.127 e. The number of rotatable bonds is 4. The standard InChI is InChI=1S/C14H12Cl2FNOS/c15-12-3-2-11(6-13(12)16)20(19)8-10-5-9(7-18)1-4-14(10)17/h1-6H,7-8,18H2. The lowest BCUT2D eigenvalue weighted by Crippen LogP contribution is -2.02. The molecule has 6 heteroatoms. The van der Waals surface area contributed by atoms with E-state index in [0.717, 1.165) is 5.56 Å². The van der Waals surface area contributed by atoms with Crippen molar-refractivity contribution in [3.63, 3.8) is 0 Å². The molecular formula is C14H12Cl2FNOS. The Kier molecular flexibility index (Phi) is 5.16. The molecule has 0 heterocycles. The fraction of sp³-hybridized carbons (Fsp3) is 0.143. The van der Waals surface area contributed by atoms with Crippen LogP contribution in [0.2, 0.25) is 10.0 Å². The lowest BCUT2D eigenvalue weighted by Gasteiger charge is -2.07. The summed E-state index contributed by atoms with van der Waals surface area (Å²) >= 11 is 11.7. The van der Waals surface area contributed by atoms with E-state index in [1.54, 1.807) is 24.3 Å². The van der Waals surface area contributed by atoms with Gasteiger partial charge >= 0.3 is 0 Å². The zero-order chi connectivity index (χ0) is 14.7. The fourth-order valence-electron chi connectivity index (χ4n) is 1.71. The number of hydrogen-bond donors (Lipinski definition) is 1. The zero-order valence-corrected chi connectivity index (χ0v) is 12.7. The molecule has 2 aromatic carbocycles. The molecule has 0 spiro atoms. The molecule has 0 radical (unpaired) electrons. The minimum atomic E-state index is -1.40.